The Balaban J connectivity index is 1.10. The van der Waals surface area contributed by atoms with Crippen LogP contribution >= 0.6 is 11.3 Å². The van der Waals surface area contributed by atoms with Crippen LogP contribution in [0.2, 0.25) is 13.1 Å². The molecule has 1 aliphatic heterocycles. The van der Waals surface area contributed by atoms with Crippen molar-refractivity contribution in [1.29, 1.82) is 0 Å². The molecule has 1 aliphatic carbocycles. The van der Waals surface area contributed by atoms with E-state index in [1.54, 1.807) is 0 Å². The zero-order valence-electron chi connectivity index (χ0n) is 33.4. The second-order valence-electron chi connectivity index (χ2n) is 17.2. The number of thiophene rings is 1. The number of hydrogen-bond donors (Lipinski definition) is 0. The van der Waals surface area contributed by atoms with E-state index in [4.69, 9.17) is 0 Å². The van der Waals surface area contributed by atoms with E-state index in [1.165, 1.54) is 113 Å². The summed E-state index contributed by atoms with van der Waals surface area (Å²) in [5.41, 5.74) is 11.3. The third kappa shape index (κ3) is 4.51. The quantitative estimate of drug-likeness (QED) is 0.161. The monoisotopic (exact) mass is 797 g/mol. The van der Waals surface area contributed by atoms with E-state index in [1.807, 2.05) is 11.3 Å². The summed E-state index contributed by atoms with van der Waals surface area (Å²) in [4.78, 5) is 2.53. The van der Waals surface area contributed by atoms with Gasteiger partial charge in [0.1, 0.15) is 8.07 Å². The van der Waals surface area contributed by atoms with E-state index in [9.17, 15) is 0 Å². The zero-order valence-corrected chi connectivity index (χ0v) is 35.2. The number of nitrogens with zero attached hydrogens (tertiary/aromatic N) is 1. The summed E-state index contributed by atoms with van der Waals surface area (Å²) >= 11 is 1.90. The highest BCUT2D eigenvalue weighted by molar-refractivity contribution is 7.26. The first-order valence-electron chi connectivity index (χ1n) is 21.0. The molecule has 10 aromatic carbocycles. The van der Waals surface area contributed by atoms with E-state index in [0.717, 1.165) is 0 Å². The number of benzene rings is 10. The maximum Gasteiger partial charge on any atom is 0.113 e. The first kappa shape index (κ1) is 34.1. The Morgan fingerprint density at radius 3 is 1.88 bits per heavy atom. The van der Waals surface area contributed by atoms with Crippen molar-refractivity contribution in [1.82, 2.24) is 0 Å². The highest BCUT2D eigenvalue weighted by Crippen LogP contribution is 2.56. The number of hydrogen-bond acceptors (Lipinski definition) is 2. The average Bonchev–Trinajstić information content (AvgIpc) is 3.65. The van der Waals surface area contributed by atoms with E-state index in [-0.39, 0.29) is 0 Å². The van der Waals surface area contributed by atoms with Crippen LogP contribution in [0.5, 0.6) is 0 Å². The molecule has 3 heteroatoms. The second kappa shape index (κ2) is 12.4. The molecule has 0 bridgehead atoms. The molecule has 1 aromatic heterocycles. The minimum atomic E-state index is -2.29. The van der Waals surface area contributed by atoms with Gasteiger partial charge in [0.25, 0.3) is 0 Å². The van der Waals surface area contributed by atoms with Crippen LogP contribution in [0.1, 0.15) is 22.3 Å². The highest BCUT2D eigenvalue weighted by atomic mass is 32.1. The van der Waals surface area contributed by atoms with Crippen LogP contribution in [0.25, 0.3) is 63.6 Å². The van der Waals surface area contributed by atoms with Gasteiger partial charge in [-0.1, -0.05) is 171 Å². The van der Waals surface area contributed by atoms with Gasteiger partial charge in [-0.05, 0) is 113 Å². The summed E-state index contributed by atoms with van der Waals surface area (Å²) in [6.45, 7) is 5.14. The van der Waals surface area contributed by atoms with Crippen LogP contribution in [0.4, 0.5) is 17.1 Å². The summed E-state index contributed by atoms with van der Waals surface area (Å²) in [5.74, 6) is 0. The summed E-state index contributed by atoms with van der Waals surface area (Å²) in [5, 5.41) is 13.3. The molecule has 0 N–H and O–H groups in total. The fourth-order valence-corrected chi connectivity index (χ4v) is 15.6. The third-order valence-corrected chi connectivity index (χ3v) is 18.5. The molecule has 13 rings (SSSR count). The summed E-state index contributed by atoms with van der Waals surface area (Å²) < 4.78 is 2.63. The van der Waals surface area contributed by atoms with Crippen molar-refractivity contribution in [3.8, 4) is 11.1 Å². The fourth-order valence-electron chi connectivity index (χ4n) is 11.2. The molecule has 282 valence electrons. The van der Waals surface area contributed by atoms with Crippen LogP contribution in [-0.4, -0.2) is 8.07 Å². The Kier molecular flexibility index (Phi) is 7.04. The van der Waals surface area contributed by atoms with Gasteiger partial charge >= 0.3 is 0 Å². The Morgan fingerprint density at radius 1 is 0.400 bits per heavy atom. The van der Waals surface area contributed by atoms with Gasteiger partial charge in [0.2, 0.25) is 0 Å². The van der Waals surface area contributed by atoms with E-state index < -0.39 is 13.5 Å². The Bertz CT molecular complexity index is 3600. The van der Waals surface area contributed by atoms with Crippen molar-refractivity contribution in [3.05, 3.63) is 222 Å². The zero-order chi connectivity index (χ0) is 39.7. The molecule has 1 atom stereocenters. The molecule has 0 saturated heterocycles. The van der Waals surface area contributed by atoms with Gasteiger partial charge in [-0.15, -0.1) is 11.3 Å². The van der Waals surface area contributed by atoms with Crippen LogP contribution in [0, 0.1) is 0 Å². The smallest absolute Gasteiger partial charge is 0.113 e. The molecule has 2 heterocycles. The molecule has 2 aliphatic rings. The summed E-state index contributed by atoms with van der Waals surface area (Å²) in [6.07, 6.45) is 0. The van der Waals surface area contributed by atoms with Crippen molar-refractivity contribution >= 4 is 99.3 Å². The number of fused-ring (bicyclic) bond motifs is 13. The van der Waals surface area contributed by atoms with Gasteiger partial charge < -0.3 is 4.90 Å². The normalized spacial score (nSPS) is 16.0. The van der Waals surface area contributed by atoms with Gasteiger partial charge in [0.15, 0.2) is 0 Å². The van der Waals surface area contributed by atoms with Gasteiger partial charge in [-0.25, -0.2) is 0 Å². The SMILES string of the molecule is C[Si]1(C)c2ccccc2C2(c3ccccc3-c3cccc4cccc2c34)c2ccc(N(c3ccc4c(c3)sc3cc5ccccc5cc34)c3cccc4ccccc34)cc21. The molecule has 1 unspecified atom stereocenters. The highest BCUT2D eigenvalue weighted by Gasteiger charge is 2.52. The molecular weight excluding hydrogens is 759 g/mol. The fraction of sp³-hybridized carbons (Fsp3) is 0.0526. The second-order valence-corrected chi connectivity index (χ2v) is 22.6. The topological polar surface area (TPSA) is 3.24 Å². The van der Waals surface area contributed by atoms with Crippen LogP contribution in [-0.2, 0) is 5.41 Å². The minimum Gasteiger partial charge on any atom is -0.310 e. The lowest BCUT2D eigenvalue weighted by molar-refractivity contribution is 0.754. The minimum absolute atomic E-state index is 0.471. The van der Waals surface area contributed by atoms with Gasteiger partial charge in [0.05, 0.1) is 11.1 Å². The average molecular weight is 798 g/mol. The molecule has 0 amide bonds. The standard InChI is InChI=1S/C57H39NSSi/c1-60(2)54-27-10-9-24-48(54)57(47-23-8-7-21-43(47)45-22-11-18-37-19-12-25-50(57)56(37)45)49-31-29-41(35-55(49)60)58(51-26-13-17-36-14-5-6-20-42(36)51)40-28-30-44-46-32-38-15-3-4-16-39(38)33-52(46)59-53(44)34-40/h3-35H,1-2H3. The van der Waals surface area contributed by atoms with Crippen LogP contribution in [0.3, 0.4) is 0 Å². The first-order valence-corrected chi connectivity index (χ1v) is 24.8. The Hall–Kier alpha value is -6.78. The van der Waals surface area contributed by atoms with Crippen molar-refractivity contribution in [2.45, 2.75) is 18.5 Å². The number of anilines is 3. The summed E-state index contributed by atoms with van der Waals surface area (Å²) in [6, 6.07) is 76.2. The van der Waals surface area contributed by atoms with Crippen LogP contribution < -0.4 is 15.3 Å². The van der Waals surface area contributed by atoms with Crippen molar-refractivity contribution < 1.29 is 0 Å². The van der Waals surface area contributed by atoms with E-state index >= 15 is 0 Å². The molecule has 0 fully saturated rings. The number of rotatable bonds is 3. The maximum absolute atomic E-state index is 2.59. The lowest BCUT2D eigenvalue weighted by Gasteiger charge is -2.50. The molecule has 11 aromatic rings. The van der Waals surface area contributed by atoms with Crippen LogP contribution in [0.15, 0.2) is 200 Å². The van der Waals surface area contributed by atoms with Crippen molar-refractivity contribution in [2.75, 3.05) is 4.90 Å². The largest absolute Gasteiger partial charge is 0.310 e. The van der Waals surface area contributed by atoms with Gasteiger partial charge in [0, 0.05) is 36.9 Å². The van der Waals surface area contributed by atoms with Crippen molar-refractivity contribution in [2.24, 2.45) is 0 Å². The van der Waals surface area contributed by atoms with Gasteiger partial charge in [-0.2, -0.15) is 0 Å². The maximum atomic E-state index is 2.59. The predicted octanol–water partition coefficient (Wildman–Crippen LogP) is 14.5. The molecular formula is C57H39NSSi. The predicted molar refractivity (Wildman–Crippen MR) is 261 cm³/mol. The van der Waals surface area contributed by atoms with Crippen molar-refractivity contribution in [3.63, 3.8) is 0 Å². The van der Waals surface area contributed by atoms with E-state index in [0.29, 0.717) is 0 Å². The molecule has 1 nitrogen and oxygen atoms in total. The molecule has 60 heavy (non-hydrogen) atoms. The lowest BCUT2D eigenvalue weighted by atomic mass is 9.59. The Morgan fingerprint density at radius 2 is 1.00 bits per heavy atom. The first-order chi connectivity index (χ1) is 29.5. The molecule has 0 radical (unpaired) electrons. The molecule has 1 spiro atoms. The third-order valence-electron chi connectivity index (χ3n) is 13.9. The van der Waals surface area contributed by atoms with E-state index in [2.05, 4.69) is 218 Å². The lowest BCUT2D eigenvalue weighted by Crippen LogP contribution is -2.63. The summed E-state index contributed by atoms with van der Waals surface area (Å²) in [7, 11) is -2.29. The molecule has 0 saturated carbocycles. The Labute approximate surface area is 354 Å². The van der Waals surface area contributed by atoms with Gasteiger partial charge in [-0.3, -0.25) is 0 Å².